The molecule has 0 unspecified atom stereocenters. The second-order valence-electron chi connectivity index (χ2n) is 3.61. The first-order valence-corrected chi connectivity index (χ1v) is 5.46. The van der Waals surface area contributed by atoms with Crippen molar-refractivity contribution in [3.05, 3.63) is 29.6 Å². The molecule has 16 heavy (non-hydrogen) atoms. The molecule has 0 amide bonds. The van der Waals surface area contributed by atoms with Crippen LogP contribution in [0.25, 0.3) is 0 Å². The van der Waals surface area contributed by atoms with Gasteiger partial charge in [0.2, 0.25) is 0 Å². The minimum Gasteiger partial charge on any atom is -0.380 e. The van der Waals surface area contributed by atoms with Crippen molar-refractivity contribution in [3.8, 4) is 0 Å². The molecule has 0 heterocycles. The van der Waals surface area contributed by atoms with Crippen molar-refractivity contribution in [1.82, 2.24) is 0 Å². The number of benzene rings is 1. The van der Waals surface area contributed by atoms with Gasteiger partial charge in [-0.25, -0.2) is 4.39 Å². The van der Waals surface area contributed by atoms with Gasteiger partial charge in [0.15, 0.2) is 0 Å². The monoisotopic (exact) mass is 226 g/mol. The summed E-state index contributed by atoms with van der Waals surface area (Å²) < 4.78 is 18.9. The zero-order valence-corrected chi connectivity index (χ0v) is 9.87. The molecule has 2 N–H and O–H groups in total. The van der Waals surface area contributed by atoms with Crippen LogP contribution >= 0.6 is 0 Å². The molecular formula is C12H19FN2O. The van der Waals surface area contributed by atoms with Gasteiger partial charge >= 0.3 is 0 Å². The van der Waals surface area contributed by atoms with Gasteiger partial charge in [-0.1, -0.05) is 6.07 Å². The van der Waals surface area contributed by atoms with Gasteiger partial charge in [0.05, 0.1) is 12.3 Å². The second-order valence-corrected chi connectivity index (χ2v) is 3.61. The van der Waals surface area contributed by atoms with Crippen LogP contribution in [-0.2, 0) is 11.3 Å². The maximum atomic E-state index is 13.7. The Morgan fingerprint density at radius 1 is 1.44 bits per heavy atom. The number of hydrogen-bond acceptors (Lipinski definition) is 3. The molecule has 0 fully saturated rings. The van der Waals surface area contributed by atoms with Crippen molar-refractivity contribution in [2.24, 2.45) is 5.73 Å². The summed E-state index contributed by atoms with van der Waals surface area (Å²) in [7, 11) is 1.85. The van der Waals surface area contributed by atoms with Crippen LogP contribution in [0.1, 0.15) is 12.5 Å². The second kappa shape index (κ2) is 6.45. The number of hydrogen-bond donors (Lipinski definition) is 1. The minimum atomic E-state index is -0.234. The van der Waals surface area contributed by atoms with Crippen LogP contribution in [0.2, 0.25) is 0 Å². The SMILES string of the molecule is CCOCCN(C)c1ccc(CN)cc1F. The predicted molar refractivity (Wildman–Crippen MR) is 64.1 cm³/mol. The molecule has 4 heteroatoms. The molecule has 0 bridgehead atoms. The fourth-order valence-electron chi connectivity index (χ4n) is 1.45. The summed E-state index contributed by atoms with van der Waals surface area (Å²) in [4.78, 5) is 1.84. The molecule has 0 aromatic heterocycles. The van der Waals surface area contributed by atoms with Crippen molar-refractivity contribution in [2.45, 2.75) is 13.5 Å². The molecule has 0 saturated heterocycles. The highest BCUT2D eigenvalue weighted by molar-refractivity contribution is 5.48. The summed E-state index contributed by atoms with van der Waals surface area (Å²) >= 11 is 0. The van der Waals surface area contributed by atoms with Gasteiger partial charge in [0.1, 0.15) is 5.82 Å². The number of ether oxygens (including phenoxy) is 1. The van der Waals surface area contributed by atoms with Crippen molar-refractivity contribution in [3.63, 3.8) is 0 Å². The lowest BCUT2D eigenvalue weighted by Gasteiger charge is -2.20. The van der Waals surface area contributed by atoms with E-state index in [-0.39, 0.29) is 5.82 Å². The average Bonchev–Trinajstić information content (AvgIpc) is 2.29. The zero-order chi connectivity index (χ0) is 12.0. The van der Waals surface area contributed by atoms with Crippen molar-refractivity contribution >= 4 is 5.69 Å². The molecule has 0 radical (unpaired) electrons. The minimum absolute atomic E-state index is 0.234. The maximum absolute atomic E-state index is 13.7. The number of rotatable bonds is 6. The van der Waals surface area contributed by atoms with E-state index in [9.17, 15) is 4.39 Å². The first-order chi connectivity index (χ1) is 7.69. The standard InChI is InChI=1S/C12H19FN2O/c1-3-16-7-6-15(2)12-5-4-10(9-14)8-11(12)13/h4-5,8H,3,6-7,9,14H2,1-2H3. The van der Waals surface area contributed by atoms with Crippen LogP contribution in [-0.4, -0.2) is 26.8 Å². The third-order valence-corrected chi connectivity index (χ3v) is 2.43. The summed E-state index contributed by atoms with van der Waals surface area (Å²) in [6, 6.07) is 5.07. The Morgan fingerprint density at radius 2 is 2.19 bits per heavy atom. The smallest absolute Gasteiger partial charge is 0.146 e. The number of halogens is 1. The van der Waals surface area contributed by atoms with Crippen molar-refractivity contribution in [2.75, 3.05) is 31.7 Å². The van der Waals surface area contributed by atoms with E-state index in [1.807, 2.05) is 24.9 Å². The highest BCUT2D eigenvalue weighted by Crippen LogP contribution is 2.18. The molecule has 0 atom stereocenters. The van der Waals surface area contributed by atoms with E-state index in [1.165, 1.54) is 6.07 Å². The fourth-order valence-corrected chi connectivity index (χ4v) is 1.45. The summed E-state index contributed by atoms with van der Waals surface area (Å²) in [5.74, 6) is -0.234. The Hall–Kier alpha value is -1.13. The molecule has 0 aliphatic heterocycles. The van der Waals surface area contributed by atoms with Crippen LogP contribution in [0.5, 0.6) is 0 Å². The first-order valence-electron chi connectivity index (χ1n) is 5.46. The van der Waals surface area contributed by atoms with Crippen LogP contribution in [0.3, 0.4) is 0 Å². The van der Waals surface area contributed by atoms with E-state index >= 15 is 0 Å². The molecular weight excluding hydrogens is 207 g/mol. The van der Waals surface area contributed by atoms with Gasteiger partial charge in [0.25, 0.3) is 0 Å². The largest absolute Gasteiger partial charge is 0.380 e. The molecule has 1 aromatic carbocycles. The molecule has 1 rings (SSSR count). The Morgan fingerprint density at radius 3 is 2.75 bits per heavy atom. The molecule has 90 valence electrons. The molecule has 0 spiro atoms. The van der Waals surface area contributed by atoms with E-state index in [2.05, 4.69) is 0 Å². The number of likely N-dealkylation sites (N-methyl/N-ethyl adjacent to an activating group) is 1. The summed E-state index contributed by atoms with van der Waals surface area (Å²) in [6.07, 6.45) is 0. The Labute approximate surface area is 96.0 Å². The Bertz CT molecular complexity index is 331. The third kappa shape index (κ3) is 3.47. The van der Waals surface area contributed by atoms with E-state index in [0.717, 1.165) is 5.56 Å². The van der Waals surface area contributed by atoms with Gasteiger partial charge in [-0.2, -0.15) is 0 Å². The topological polar surface area (TPSA) is 38.5 Å². The number of anilines is 1. The first kappa shape index (κ1) is 12.9. The zero-order valence-electron chi connectivity index (χ0n) is 9.87. The van der Waals surface area contributed by atoms with Gasteiger partial charge < -0.3 is 15.4 Å². The molecule has 0 aliphatic rings. The van der Waals surface area contributed by atoms with Gasteiger partial charge in [-0.3, -0.25) is 0 Å². The fraction of sp³-hybridized carbons (Fsp3) is 0.500. The number of nitrogens with two attached hydrogens (primary N) is 1. The lowest BCUT2D eigenvalue weighted by molar-refractivity contribution is 0.154. The van der Waals surface area contributed by atoms with Crippen molar-refractivity contribution in [1.29, 1.82) is 0 Å². The molecule has 1 aromatic rings. The molecule has 0 aliphatic carbocycles. The lowest BCUT2D eigenvalue weighted by Crippen LogP contribution is -2.23. The average molecular weight is 226 g/mol. The van der Waals surface area contributed by atoms with Crippen LogP contribution < -0.4 is 10.6 Å². The van der Waals surface area contributed by atoms with E-state index in [0.29, 0.717) is 32.0 Å². The Kier molecular flexibility index (Phi) is 5.22. The summed E-state index contributed by atoms with van der Waals surface area (Å²) in [5, 5.41) is 0. The molecule has 0 saturated carbocycles. The van der Waals surface area contributed by atoms with Crippen molar-refractivity contribution < 1.29 is 9.13 Å². The van der Waals surface area contributed by atoms with Crippen LogP contribution in [0.15, 0.2) is 18.2 Å². The Balaban J connectivity index is 2.64. The van der Waals surface area contributed by atoms with E-state index in [1.54, 1.807) is 6.07 Å². The van der Waals surface area contributed by atoms with Gasteiger partial charge in [-0.05, 0) is 24.6 Å². The van der Waals surface area contributed by atoms with E-state index in [4.69, 9.17) is 10.5 Å². The van der Waals surface area contributed by atoms with Crippen LogP contribution in [0, 0.1) is 5.82 Å². The highest BCUT2D eigenvalue weighted by atomic mass is 19.1. The maximum Gasteiger partial charge on any atom is 0.146 e. The lowest BCUT2D eigenvalue weighted by atomic mass is 10.2. The molecule has 3 nitrogen and oxygen atoms in total. The number of nitrogens with zero attached hydrogens (tertiary/aromatic N) is 1. The highest BCUT2D eigenvalue weighted by Gasteiger charge is 2.07. The predicted octanol–water partition coefficient (Wildman–Crippen LogP) is 1.76. The third-order valence-electron chi connectivity index (χ3n) is 2.43. The van der Waals surface area contributed by atoms with E-state index < -0.39 is 0 Å². The summed E-state index contributed by atoms with van der Waals surface area (Å²) in [6.45, 7) is 4.26. The van der Waals surface area contributed by atoms with Gasteiger partial charge in [-0.15, -0.1) is 0 Å². The van der Waals surface area contributed by atoms with Gasteiger partial charge in [0, 0.05) is 26.7 Å². The summed E-state index contributed by atoms with van der Waals surface area (Å²) in [5.41, 5.74) is 6.83. The normalized spacial score (nSPS) is 10.5. The quantitative estimate of drug-likeness (QED) is 0.751. The van der Waals surface area contributed by atoms with Crippen LogP contribution in [0.4, 0.5) is 10.1 Å².